The number of Topliss-reactive ketones (excluding diaryl/α,β-unsaturated/α-hetero) is 1. The first kappa shape index (κ1) is 10.9. The van der Waals surface area contributed by atoms with Gasteiger partial charge in [-0.15, -0.1) is 0 Å². The highest BCUT2D eigenvalue weighted by Gasteiger charge is 2.19. The number of aliphatic carboxylic acids is 1. The highest BCUT2D eigenvalue weighted by atomic mass is 79.9. The first-order valence-electron chi connectivity index (χ1n) is 4.53. The van der Waals surface area contributed by atoms with E-state index in [1.165, 1.54) is 6.20 Å². The van der Waals surface area contributed by atoms with Crippen LogP contribution in [0, 0.1) is 0 Å². The molecule has 0 fully saturated rings. The Balaban J connectivity index is 2.75. The Morgan fingerprint density at radius 2 is 2.06 bits per heavy atom. The Morgan fingerprint density at radius 3 is 2.69 bits per heavy atom. The van der Waals surface area contributed by atoms with Gasteiger partial charge in [-0.3, -0.25) is 4.79 Å². The van der Waals surface area contributed by atoms with E-state index in [1.54, 1.807) is 17.7 Å². The fraction of sp³-hybridized carbons (Fsp3) is 0.0909. The number of carbonyl (C=O) groups excluding carboxylic acids is 1. The standard InChI is InChI=1S/C11H8BrNO3/c1-13-5-8(10(14)11(15)16)7-4-6(12)2-3-9(7)13/h2-5H,1H3,(H,15,16). The second-order valence-corrected chi connectivity index (χ2v) is 4.37. The van der Waals surface area contributed by atoms with Crippen LogP contribution in [-0.4, -0.2) is 21.4 Å². The number of carboxylic acids is 1. The molecular formula is C11H8BrNO3. The third-order valence-corrected chi connectivity index (χ3v) is 2.88. The Morgan fingerprint density at radius 1 is 1.38 bits per heavy atom. The highest BCUT2D eigenvalue weighted by Crippen LogP contribution is 2.24. The summed E-state index contributed by atoms with van der Waals surface area (Å²) >= 11 is 3.29. The van der Waals surface area contributed by atoms with Gasteiger partial charge in [-0.05, 0) is 18.2 Å². The lowest BCUT2D eigenvalue weighted by Gasteiger charge is -1.96. The molecule has 82 valence electrons. The molecule has 4 nitrogen and oxygen atoms in total. The predicted octanol–water partition coefficient (Wildman–Crippen LogP) is 2.21. The molecule has 2 aromatic rings. The van der Waals surface area contributed by atoms with Crippen molar-refractivity contribution in [2.45, 2.75) is 0 Å². The second kappa shape index (κ2) is 3.75. The van der Waals surface area contributed by atoms with Crippen LogP contribution >= 0.6 is 15.9 Å². The first-order chi connectivity index (χ1) is 7.50. The van der Waals surface area contributed by atoms with Gasteiger partial charge in [-0.25, -0.2) is 4.79 Å². The zero-order valence-corrected chi connectivity index (χ0v) is 9.98. The van der Waals surface area contributed by atoms with Crippen LogP contribution in [0.3, 0.4) is 0 Å². The molecule has 0 unspecified atom stereocenters. The van der Waals surface area contributed by atoms with Crippen LogP contribution in [0.15, 0.2) is 28.9 Å². The number of rotatable bonds is 2. The van der Waals surface area contributed by atoms with Crippen molar-refractivity contribution in [3.8, 4) is 0 Å². The van der Waals surface area contributed by atoms with Gasteiger partial charge in [0.05, 0.1) is 5.56 Å². The van der Waals surface area contributed by atoms with Crippen LogP contribution in [0.2, 0.25) is 0 Å². The van der Waals surface area contributed by atoms with E-state index in [2.05, 4.69) is 15.9 Å². The maximum Gasteiger partial charge on any atom is 0.377 e. The molecule has 16 heavy (non-hydrogen) atoms. The second-order valence-electron chi connectivity index (χ2n) is 3.45. The molecule has 0 aliphatic rings. The van der Waals surface area contributed by atoms with E-state index in [0.29, 0.717) is 5.39 Å². The van der Waals surface area contributed by atoms with E-state index >= 15 is 0 Å². The maximum absolute atomic E-state index is 11.5. The summed E-state index contributed by atoms with van der Waals surface area (Å²) in [5.74, 6) is -2.32. The third kappa shape index (κ3) is 1.63. The van der Waals surface area contributed by atoms with Gasteiger partial charge in [-0.1, -0.05) is 15.9 Å². The molecule has 0 atom stereocenters. The van der Waals surface area contributed by atoms with Gasteiger partial charge >= 0.3 is 5.97 Å². The number of hydrogen-bond acceptors (Lipinski definition) is 2. The monoisotopic (exact) mass is 281 g/mol. The van der Waals surface area contributed by atoms with Crippen molar-refractivity contribution in [2.24, 2.45) is 7.05 Å². The molecule has 1 heterocycles. The summed E-state index contributed by atoms with van der Waals surface area (Å²) in [6.07, 6.45) is 1.54. The van der Waals surface area contributed by atoms with E-state index in [1.807, 2.05) is 12.1 Å². The summed E-state index contributed by atoms with van der Waals surface area (Å²) in [7, 11) is 1.77. The Hall–Kier alpha value is -1.62. The number of ketones is 1. The molecule has 0 saturated carbocycles. The molecular weight excluding hydrogens is 274 g/mol. The number of carboxylic acid groups (broad SMARTS) is 1. The normalized spacial score (nSPS) is 10.6. The van der Waals surface area contributed by atoms with Gasteiger partial charge in [0.25, 0.3) is 5.78 Å². The average molecular weight is 282 g/mol. The number of hydrogen-bond donors (Lipinski definition) is 1. The highest BCUT2D eigenvalue weighted by molar-refractivity contribution is 9.10. The van der Waals surface area contributed by atoms with Crippen molar-refractivity contribution in [1.29, 1.82) is 0 Å². The molecule has 0 aliphatic carbocycles. The zero-order chi connectivity index (χ0) is 11.9. The summed E-state index contributed by atoms with van der Waals surface area (Å²) < 4.78 is 2.54. The number of halogens is 1. The molecule has 0 bridgehead atoms. The lowest BCUT2D eigenvalue weighted by atomic mass is 10.1. The Labute approximate surface area is 99.6 Å². The molecule has 5 heteroatoms. The number of nitrogens with zero attached hydrogens (tertiary/aromatic N) is 1. The van der Waals surface area contributed by atoms with Gasteiger partial charge in [0.1, 0.15) is 0 Å². The maximum atomic E-state index is 11.5. The van der Waals surface area contributed by atoms with Crippen molar-refractivity contribution in [2.75, 3.05) is 0 Å². The summed E-state index contributed by atoms with van der Waals surface area (Å²) in [4.78, 5) is 22.1. The number of aryl methyl sites for hydroxylation is 1. The lowest BCUT2D eigenvalue weighted by molar-refractivity contribution is -0.131. The Kier molecular flexibility index (Phi) is 2.55. The number of carbonyl (C=O) groups is 2. The molecule has 0 radical (unpaired) electrons. The summed E-state index contributed by atoms with van der Waals surface area (Å²) in [5.41, 5.74) is 1.04. The van der Waals surface area contributed by atoms with E-state index in [-0.39, 0.29) is 5.56 Å². The van der Waals surface area contributed by atoms with Gasteiger partial charge in [0, 0.05) is 28.6 Å². The van der Waals surface area contributed by atoms with E-state index in [0.717, 1.165) is 9.99 Å². The van der Waals surface area contributed by atoms with Crippen molar-refractivity contribution < 1.29 is 14.7 Å². The van der Waals surface area contributed by atoms with Crippen molar-refractivity contribution >= 4 is 38.6 Å². The van der Waals surface area contributed by atoms with Gasteiger partial charge in [-0.2, -0.15) is 0 Å². The molecule has 1 N–H and O–H groups in total. The largest absolute Gasteiger partial charge is 0.475 e. The van der Waals surface area contributed by atoms with Crippen LogP contribution < -0.4 is 0 Å². The Bertz CT molecular complexity index is 601. The number of fused-ring (bicyclic) bond motifs is 1. The van der Waals surface area contributed by atoms with E-state index < -0.39 is 11.8 Å². The smallest absolute Gasteiger partial charge is 0.377 e. The topological polar surface area (TPSA) is 59.3 Å². The minimum Gasteiger partial charge on any atom is -0.475 e. The number of benzene rings is 1. The molecule has 0 amide bonds. The molecule has 0 aliphatic heterocycles. The quantitative estimate of drug-likeness (QED) is 0.678. The fourth-order valence-corrected chi connectivity index (χ4v) is 2.02. The SMILES string of the molecule is Cn1cc(C(=O)C(=O)O)c2cc(Br)ccc21. The summed E-state index contributed by atoms with van der Waals surface area (Å²) in [6.45, 7) is 0. The average Bonchev–Trinajstić information content (AvgIpc) is 2.54. The van der Waals surface area contributed by atoms with Gasteiger partial charge in [0.2, 0.25) is 0 Å². The first-order valence-corrected chi connectivity index (χ1v) is 5.32. The van der Waals surface area contributed by atoms with Crippen molar-refractivity contribution in [3.05, 3.63) is 34.4 Å². The van der Waals surface area contributed by atoms with E-state index in [4.69, 9.17) is 5.11 Å². The van der Waals surface area contributed by atoms with Crippen LogP contribution in [0.4, 0.5) is 0 Å². The third-order valence-electron chi connectivity index (χ3n) is 2.39. The summed E-state index contributed by atoms with van der Waals surface area (Å²) in [5, 5.41) is 9.35. The van der Waals surface area contributed by atoms with Crippen molar-refractivity contribution in [1.82, 2.24) is 4.57 Å². The minimum absolute atomic E-state index is 0.214. The molecule has 2 rings (SSSR count). The van der Waals surface area contributed by atoms with Gasteiger partial charge < -0.3 is 9.67 Å². The minimum atomic E-state index is -1.44. The van der Waals surface area contributed by atoms with Gasteiger partial charge in [0.15, 0.2) is 0 Å². The fourth-order valence-electron chi connectivity index (χ4n) is 1.66. The van der Waals surface area contributed by atoms with E-state index in [9.17, 15) is 9.59 Å². The predicted molar refractivity (Wildman–Crippen MR) is 62.6 cm³/mol. The molecule has 1 aromatic carbocycles. The zero-order valence-electron chi connectivity index (χ0n) is 8.40. The van der Waals surface area contributed by atoms with Crippen LogP contribution in [0.5, 0.6) is 0 Å². The van der Waals surface area contributed by atoms with Crippen molar-refractivity contribution in [3.63, 3.8) is 0 Å². The molecule has 0 saturated heterocycles. The lowest BCUT2D eigenvalue weighted by Crippen LogP contribution is -2.12. The van der Waals surface area contributed by atoms with Crippen LogP contribution in [-0.2, 0) is 11.8 Å². The van der Waals surface area contributed by atoms with Crippen LogP contribution in [0.1, 0.15) is 10.4 Å². The molecule has 0 spiro atoms. The van der Waals surface area contributed by atoms with Crippen LogP contribution in [0.25, 0.3) is 10.9 Å². The molecule has 1 aromatic heterocycles. The summed E-state index contributed by atoms with van der Waals surface area (Å²) in [6, 6.07) is 5.42. The number of aromatic nitrogens is 1.